The first kappa shape index (κ1) is 12.6. The van der Waals surface area contributed by atoms with Crippen molar-refractivity contribution in [2.75, 3.05) is 20.3 Å². The maximum atomic E-state index is 10.2. The van der Waals surface area contributed by atoms with E-state index in [1.807, 2.05) is 18.2 Å². The number of nitrogens with zero attached hydrogens (tertiary/aromatic N) is 1. The van der Waals surface area contributed by atoms with Crippen LogP contribution >= 0.6 is 0 Å². The molecule has 1 aliphatic rings. The molecule has 0 saturated carbocycles. The van der Waals surface area contributed by atoms with Crippen LogP contribution in [-0.4, -0.2) is 32.5 Å². The third kappa shape index (κ3) is 2.88. The summed E-state index contributed by atoms with van der Waals surface area (Å²) in [5.41, 5.74) is 0.810. The SMILES string of the molecule is COc1cccc(CN=C=O)c1OC1CCOC1. The normalized spacial score (nSPS) is 18.2. The van der Waals surface area contributed by atoms with Crippen molar-refractivity contribution in [1.82, 2.24) is 0 Å². The Labute approximate surface area is 105 Å². The van der Waals surface area contributed by atoms with Crippen molar-refractivity contribution in [3.63, 3.8) is 0 Å². The Kier molecular flexibility index (Phi) is 4.34. The standard InChI is InChI=1S/C13H15NO4/c1-16-12-4-2-3-10(7-14-9-15)13(12)18-11-5-6-17-8-11/h2-4,11H,5-8H2,1H3. The largest absolute Gasteiger partial charge is 0.493 e. The van der Waals surface area contributed by atoms with Gasteiger partial charge in [-0.15, -0.1) is 0 Å². The van der Waals surface area contributed by atoms with Crippen molar-refractivity contribution < 1.29 is 19.0 Å². The van der Waals surface area contributed by atoms with E-state index < -0.39 is 0 Å². The summed E-state index contributed by atoms with van der Waals surface area (Å²) in [6, 6.07) is 5.51. The first-order valence-electron chi connectivity index (χ1n) is 5.79. The maximum absolute atomic E-state index is 10.2. The Balaban J connectivity index is 2.24. The molecule has 0 N–H and O–H groups in total. The van der Waals surface area contributed by atoms with Crippen LogP contribution in [0.5, 0.6) is 11.5 Å². The Morgan fingerprint density at radius 1 is 1.56 bits per heavy atom. The van der Waals surface area contributed by atoms with E-state index in [2.05, 4.69) is 4.99 Å². The van der Waals surface area contributed by atoms with Gasteiger partial charge in [0.25, 0.3) is 0 Å². The maximum Gasteiger partial charge on any atom is 0.235 e. The van der Waals surface area contributed by atoms with E-state index in [1.54, 1.807) is 7.11 Å². The van der Waals surface area contributed by atoms with Crippen LogP contribution in [0.15, 0.2) is 23.2 Å². The monoisotopic (exact) mass is 249 g/mol. The summed E-state index contributed by atoms with van der Waals surface area (Å²) < 4.78 is 16.4. The average molecular weight is 249 g/mol. The molecule has 0 aromatic heterocycles. The van der Waals surface area contributed by atoms with Crippen molar-refractivity contribution in [2.45, 2.75) is 19.1 Å². The zero-order valence-corrected chi connectivity index (χ0v) is 10.2. The zero-order valence-electron chi connectivity index (χ0n) is 10.2. The van der Waals surface area contributed by atoms with Gasteiger partial charge in [-0.3, -0.25) is 0 Å². The molecule has 96 valence electrons. The molecule has 0 aliphatic carbocycles. The van der Waals surface area contributed by atoms with Crippen molar-refractivity contribution in [3.05, 3.63) is 23.8 Å². The summed E-state index contributed by atoms with van der Waals surface area (Å²) in [7, 11) is 1.58. The van der Waals surface area contributed by atoms with Gasteiger partial charge in [0.05, 0.1) is 26.9 Å². The van der Waals surface area contributed by atoms with Crippen LogP contribution in [0.1, 0.15) is 12.0 Å². The second kappa shape index (κ2) is 6.19. The van der Waals surface area contributed by atoms with Gasteiger partial charge in [-0.05, 0) is 6.07 Å². The minimum absolute atomic E-state index is 0.0280. The van der Waals surface area contributed by atoms with Crippen molar-refractivity contribution in [3.8, 4) is 11.5 Å². The first-order valence-corrected chi connectivity index (χ1v) is 5.79. The number of para-hydroxylation sites is 1. The number of aliphatic imine (C=N–C) groups is 1. The number of hydrogen-bond donors (Lipinski definition) is 0. The minimum atomic E-state index is 0.0280. The van der Waals surface area contributed by atoms with Gasteiger partial charge in [0, 0.05) is 12.0 Å². The van der Waals surface area contributed by atoms with E-state index in [4.69, 9.17) is 14.2 Å². The molecule has 1 unspecified atom stereocenters. The number of rotatable bonds is 5. The van der Waals surface area contributed by atoms with Gasteiger partial charge in [0.15, 0.2) is 11.5 Å². The Morgan fingerprint density at radius 3 is 3.11 bits per heavy atom. The van der Waals surface area contributed by atoms with Crippen molar-refractivity contribution >= 4 is 6.08 Å². The minimum Gasteiger partial charge on any atom is -0.493 e. The highest BCUT2D eigenvalue weighted by molar-refractivity contribution is 5.47. The molecule has 1 fully saturated rings. The van der Waals surface area contributed by atoms with Crippen LogP contribution in [0, 0.1) is 0 Å². The van der Waals surface area contributed by atoms with E-state index in [9.17, 15) is 4.79 Å². The Hall–Kier alpha value is -1.84. The molecule has 1 heterocycles. The quantitative estimate of drug-likeness (QED) is 0.588. The molecule has 5 nitrogen and oxygen atoms in total. The number of isocyanates is 1. The molecule has 1 saturated heterocycles. The lowest BCUT2D eigenvalue weighted by Crippen LogP contribution is -2.17. The summed E-state index contributed by atoms with van der Waals surface area (Å²) in [5.74, 6) is 1.27. The van der Waals surface area contributed by atoms with E-state index in [-0.39, 0.29) is 12.6 Å². The lowest BCUT2D eigenvalue weighted by atomic mass is 10.2. The molecule has 0 amide bonds. The molecule has 1 aliphatic heterocycles. The van der Waals surface area contributed by atoms with Crippen molar-refractivity contribution in [2.24, 2.45) is 4.99 Å². The fourth-order valence-electron chi connectivity index (χ4n) is 1.87. The van der Waals surface area contributed by atoms with E-state index in [1.165, 1.54) is 6.08 Å². The molecule has 1 atom stereocenters. The lowest BCUT2D eigenvalue weighted by Gasteiger charge is -2.17. The number of ether oxygens (including phenoxy) is 3. The molecule has 2 rings (SSSR count). The highest BCUT2D eigenvalue weighted by Gasteiger charge is 2.20. The summed E-state index contributed by atoms with van der Waals surface area (Å²) in [5, 5.41) is 0. The molecular formula is C13H15NO4. The molecular weight excluding hydrogens is 234 g/mol. The predicted molar refractivity (Wildman–Crippen MR) is 64.7 cm³/mol. The lowest BCUT2D eigenvalue weighted by molar-refractivity contribution is 0.138. The van der Waals surface area contributed by atoms with Crippen LogP contribution in [0.25, 0.3) is 0 Å². The van der Waals surface area contributed by atoms with E-state index >= 15 is 0 Å². The zero-order chi connectivity index (χ0) is 12.8. The molecule has 0 radical (unpaired) electrons. The van der Waals surface area contributed by atoms with E-state index in [0.717, 1.165) is 12.0 Å². The fraction of sp³-hybridized carbons (Fsp3) is 0.462. The van der Waals surface area contributed by atoms with Gasteiger partial charge in [0.2, 0.25) is 6.08 Å². The molecule has 1 aromatic rings. The molecule has 18 heavy (non-hydrogen) atoms. The average Bonchev–Trinajstić information content (AvgIpc) is 2.90. The Bertz CT molecular complexity index is 448. The van der Waals surface area contributed by atoms with Gasteiger partial charge in [-0.25, -0.2) is 9.79 Å². The van der Waals surface area contributed by atoms with Crippen LogP contribution < -0.4 is 9.47 Å². The van der Waals surface area contributed by atoms with Crippen molar-refractivity contribution in [1.29, 1.82) is 0 Å². The van der Waals surface area contributed by atoms with E-state index in [0.29, 0.717) is 24.7 Å². The second-order valence-electron chi connectivity index (χ2n) is 3.96. The van der Waals surface area contributed by atoms with Gasteiger partial charge >= 0.3 is 0 Å². The summed E-state index contributed by atoms with van der Waals surface area (Å²) >= 11 is 0. The third-order valence-corrected chi connectivity index (χ3v) is 2.77. The summed E-state index contributed by atoms with van der Waals surface area (Å²) in [6.45, 7) is 1.53. The summed E-state index contributed by atoms with van der Waals surface area (Å²) in [4.78, 5) is 13.8. The predicted octanol–water partition coefficient (Wildman–Crippen LogP) is 1.70. The van der Waals surface area contributed by atoms with Crippen LogP contribution in [0.3, 0.4) is 0 Å². The molecule has 5 heteroatoms. The number of hydrogen-bond acceptors (Lipinski definition) is 5. The third-order valence-electron chi connectivity index (χ3n) is 2.77. The fourth-order valence-corrected chi connectivity index (χ4v) is 1.87. The highest BCUT2D eigenvalue weighted by atomic mass is 16.6. The van der Waals surface area contributed by atoms with Gasteiger partial charge in [-0.2, -0.15) is 0 Å². The number of carbonyl (C=O) groups excluding carboxylic acids is 1. The van der Waals surface area contributed by atoms with Crippen LogP contribution in [-0.2, 0) is 16.1 Å². The molecule has 1 aromatic carbocycles. The number of benzene rings is 1. The summed E-state index contributed by atoms with van der Waals surface area (Å²) in [6.07, 6.45) is 2.41. The topological polar surface area (TPSA) is 57.1 Å². The van der Waals surface area contributed by atoms with Gasteiger partial charge < -0.3 is 14.2 Å². The molecule has 0 spiro atoms. The van der Waals surface area contributed by atoms with Crippen LogP contribution in [0.4, 0.5) is 0 Å². The smallest absolute Gasteiger partial charge is 0.235 e. The Morgan fingerprint density at radius 2 is 2.44 bits per heavy atom. The van der Waals surface area contributed by atoms with Crippen LogP contribution in [0.2, 0.25) is 0 Å². The molecule has 0 bridgehead atoms. The highest BCUT2D eigenvalue weighted by Crippen LogP contribution is 2.33. The first-order chi connectivity index (χ1) is 8.85. The van der Waals surface area contributed by atoms with Gasteiger partial charge in [0.1, 0.15) is 6.10 Å². The van der Waals surface area contributed by atoms with Gasteiger partial charge in [-0.1, -0.05) is 12.1 Å². The number of methoxy groups -OCH3 is 1. The second-order valence-corrected chi connectivity index (χ2v) is 3.96.